The Morgan fingerprint density at radius 2 is 1.96 bits per heavy atom. The smallest absolute Gasteiger partial charge is 0.246 e. The summed E-state index contributed by atoms with van der Waals surface area (Å²) in [6.45, 7) is 4.39. The fourth-order valence-electron chi connectivity index (χ4n) is 3.71. The van der Waals surface area contributed by atoms with Gasteiger partial charge in [-0.15, -0.1) is 0 Å². The first-order valence-corrected chi connectivity index (χ1v) is 9.59. The third kappa shape index (κ3) is 3.85. The minimum atomic E-state index is -0.672. The van der Waals surface area contributed by atoms with E-state index in [1.54, 1.807) is 30.0 Å². The zero-order valence-corrected chi connectivity index (χ0v) is 17.3. The molecule has 1 fully saturated rings. The second-order valence-corrected chi connectivity index (χ2v) is 7.83. The Balaban J connectivity index is 1.88. The number of amides is 3. The van der Waals surface area contributed by atoms with Crippen LogP contribution < -0.4 is 0 Å². The van der Waals surface area contributed by atoms with E-state index in [1.165, 1.54) is 11.8 Å². The van der Waals surface area contributed by atoms with Crippen LogP contribution in [-0.4, -0.2) is 77.2 Å². The Hall–Kier alpha value is -2.54. The molecule has 1 N–H and O–H groups in total. The molecule has 2 heterocycles. The van der Waals surface area contributed by atoms with Crippen molar-refractivity contribution >= 4 is 40.2 Å². The molecule has 1 aliphatic heterocycles. The third-order valence-electron chi connectivity index (χ3n) is 5.28. The Kier molecular flexibility index (Phi) is 5.65. The second-order valence-electron chi connectivity index (χ2n) is 7.40. The standard InChI is InChI=1S/C20H25ClN4O3/c1-12-15(16-9-14(21)5-6-17(16)22-12)10-19(27)25-8-7-24(13(2)26)11-18(25)20(28)23(3)4/h5-6,9,18,22H,7-8,10-11H2,1-4H3. The van der Waals surface area contributed by atoms with E-state index in [0.717, 1.165) is 22.2 Å². The van der Waals surface area contributed by atoms with E-state index < -0.39 is 6.04 Å². The number of benzene rings is 1. The van der Waals surface area contributed by atoms with E-state index in [1.807, 2.05) is 19.1 Å². The van der Waals surface area contributed by atoms with Crippen molar-refractivity contribution in [2.75, 3.05) is 33.7 Å². The summed E-state index contributed by atoms with van der Waals surface area (Å²) < 4.78 is 0. The highest BCUT2D eigenvalue weighted by atomic mass is 35.5. The molecular weight excluding hydrogens is 380 g/mol. The maximum absolute atomic E-state index is 13.2. The van der Waals surface area contributed by atoms with Gasteiger partial charge in [-0.2, -0.15) is 0 Å². The number of rotatable bonds is 3. The number of fused-ring (bicyclic) bond motifs is 1. The van der Waals surface area contributed by atoms with Gasteiger partial charge in [0.05, 0.1) is 13.0 Å². The Bertz CT molecular complexity index is 937. The molecule has 0 radical (unpaired) electrons. The van der Waals surface area contributed by atoms with Crippen LogP contribution in [0.3, 0.4) is 0 Å². The molecule has 2 aromatic rings. The summed E-state index contributed by atoms with van der Waals surface area (Å²) in [4.78, 5) is 45.6. The lowest BCUT2D eigenvalue weighted by Crippen LogP contribution is -2.61. The van der Waals surface area contributed by atoms with Crippen LogP contribution in [0.1, 0.15) is 18.2 Å². The van der Waals surface area contributed by atoms with E-state index in [-0.39, 0.29) is 30.7 Å². The molecule has 7 nitrogen and oxygen atoms in total. The molecule has 0 saturated carbocycles. The van der Waals surface area contributed by atoms with Gasteiger partial charge in [-0.3, -0.25) is 14.4 Å². The lowest BCUT2D eigenvalue weighted by molar-refractivity contribution is -0.150. The van der Waals surface area contributed by atoms with Crippen LogP contribution in [0.15, 0.2) is 18.2 Å². The van der Waals surface area contributed by atoms with Crippen LogP contribution in [0.4, 0.5) is 0 Å². The molecular formula is C20H25ClN4O3. The van der Waals surface area contributed by atoms with Crippen molar-refractivity contribution in [1.29, 1.82) is 0 Å². The monoisotopic (exact) mass is 404 g/mol. The number of carbonyl (C=O) groups excluding carboxylic acids is 3. The van der Waals surface area contributed by atoms with Gasteiger partial charge in [0.2, 0.25) is 17.7 Å². The van der Waals surface area contributed by atoms with E-state index in [0.29, 0.717) is 18.1 Å². The van der Waals surface area contributed by atoms with Gasteiger partial charge in [-0.1, -0.05) is 11.6 Å². The predicted octanol–water partition coefficient (Wildman–Crippen LogP) is 1.82. The molecule has 3 rings (SSSR count). The van der Waals surface area contributed by atoms with Crippen molar-refractivity contribution in [3.63, 3.8) is 0 Å². The number of carbonyl (C=O) groups is 3. The number of hydrogen-bond acceptors (Lipinski definition) is 3. The molecule has 1 aromatic carbocycles. The van der Waals surface area contributed by atoms with Crippen molar-refractivity contribution in [1.82, 2.24) is 19.7 Å². The summed E-state index contributed by atoms with van der Waals surface area (Å²) in [6.07, 6.45) is 0.170. The molecule has 0 spiro atoms. The Morgan fingerprint density at radius 1 is 1.25 bits per heavy atom. The molecule has 1 saturated heterocycles. The summed E-state index contributed by atoms with van der Waals surface area (Å²) in [6, 6.07) is 4.87. The Morgan fingerprint density at radius 3 is 2.61 bits per heavy atom. The number of halogens is 1. The molecule has 0 aliphatic carbocycles. The highest BCUT2D eigenvalue weighted by Crippen LogP contribution is 2.26. The highest BCUT2D eigenvalue weighted by molar-refractivity contribution is 6.31. The van der Waals surface area contributed by atoms with Crippen molar-refractivity contribution in [3.05, 3.63) is 34.5 Å². The van der Waals surface area contributed by atoms with Gasteiger partial charge >= 0.3 is 0 Å². The van der Waals surface area contributed by atoms with Gasteiger partial charge in [-0.05, 0) is 30.7 Å². The van der Waals surface area contributed by atoms with Crippen LogP contribution in [0.5, 0.6) is 0 Å². The normalized spacial score (nSPS) is 17.1. The SMILES string of the molecule is CC(=O)N1CCN(C(=O)Cc2c(C)[nH]c3ccc(Cl)cc23)C(C(=O)N(C)C)C1. The highest BCUT2D eigenvalue weighted by Gasteiger charge is 2.37. The van der Waals surface area contributed by atoms with E-state index in [4.69, 9.17) is 11.6 Å². The summed E-state index contributed by atoms with van der Waals surface area (Å²) in [7, 11) is 3.31. The maximum Gasteiger partial charge on any atom is 0.246 e. The summed E-state index contributed by atoms with van der Waals surface area (Å²) in [5.41, 5.74) is 2.71. The fourth-order valence-corrected chi connectivity index (χ4v) is 3.88. The minimum Gasteiger partial charge on any atom is -0.358 e. The average molecular weight is 405 g/mol. The van der Waals surface area contributed by atoms with Crippen molar-refractivity contribution in [3.8, 4) is 0 Å². The number of nitrogens with zero attached hydrogens (tertiary/aromatic N) is 3. The molecule has 0 bridgehead atoms. The van der Waals surface area contributed by atoms with E-state index in [9.17, 15) is 14.4 Å². The Labute approximate surface area is 169 Å². The molecule has 8 heteroatoms. The number of aryl methyl sites for hydroxylation is 1. The molecule has 3 amide bonds. The number of H-pyrrole nitrogens is 1. The molecule has 150 valence electrons. The van der Waals surface area contributed by atoms with Gasteiger partial charge < -0.3 is 19.7 Å². The fraction of sp³-hybridized carbons (Fsp3) is 0.450. The van der Waals surface area contributed by atoms with Gasteiger partial charge in [0.1, 0.15) is 6.04 Å². The molecule has 1 aliphatic rings. The molecule has 1 aromatic heterocycles. The number of aromatic nitrogens is 1. The molecule has 28 heavy (non-hydrogen) atoms. The van der Waals surface area contributed by atoms with Crippen molar-refractivity contribution in [2.45, 2.75) is 26.3 Å². The number of aromatic amines is 1. The van der Waals surface area contributed by atoms with Gasteiger partial charge in [0, 0.05) is 55.7 Å². The number of likely N-dealkylation sites (N-methyl/N-ethyl adjacent to an activating group) is 1. The van der Waals surface area contributed by atoms with Gasteiger partial charge in [-0.25, -0.2) is 0 Å². The summed E-state index contributed by atoms with van der Waals surface area (Å²) >= 11 is 6.13. The van der Waals surface area contributed by atoms with Gasteiger partial charge in [0.25, 0.3) is 0 Å². The lowest BCUT2D eigenvalue weighted by atomic mass is 10.0. The van der Waals surface area contributed by atoms with Crippen LogP contribution in [-0.2, 0) is 20.8 Å². The number of piperazine rings is 1. The third-order valence-corrected chi connectivity index (χ3v) is 5.52. The maximum atomic E-state index is 13.2. The topological polar surface area (TPSA) is 76.7 Å². The zero-order chi connectivity index (χ0) is 20.6. The van der Waals surface area contributed by atoms with E-state index in [2.05, 4.69) is 4.98 Å². The first kappa shape index (κ1) is 20.2. The van der Waals surface area contributed by atoms with Crippen molar-refractivity contribution in [2.24, 2.45) is 0 Å². The first-order valence-electron chi connectivity index (χ1n) is 9.22. The van der Waals surface area contributed by atoms with Crippen LogP contribution >= 0.6 is 11.6 Å². The summed E-state index contributed by atoms with van der Waals surface area (Å²) in [5, 5.41) is 1.52. The molecule has 1 unspecified atom stereocenters. The quantitative estimate of drug-likeness (QED) is 0.847. The summed E-state index contributed by atoms with van der Waals surface area (Å²) in [5.74, 6) is -0.406. The largest absolute Gasteiger partial charge is 0.358 e. The van der Waals surface area contributed by atoms with Crippen molar-refractivity contribution < 1.29 is 14.4 Å². The predicted molar refractivity (Wildman–Crippen MR) is 108 cm³/mol. The molecule has 1 atom stereocenters. The second kappa shape index (κ2) is 7.83. The van der Waals surface area contributed by atoms with Crippen LogP contribution in [0, 0.1) is 6.92 Å². The minimum absolute atomic E-state index is 0.0919. The lowest BCUT2D eigenvalue weighted by Gasteiger charge is -2.41. The average Bonchev–Trinajstić information content (AvgIpc) is 2.95. The van der Waals surface area contributed by atoms with Crippen LogP contribution in [0.25, 0.3) is 10.9 Å². The number of nitrogens with one attached hydrogen (secondary N) is 1. The van der Waals surface area contributed by atoms with Crippen LogP contribution in [0.2, 0.25) is 5.02 Å². The first-order chi connectivity index (χ1) is 13.2. The zero-order valence-electron chi connectivity index (χ0n) is 16.6. The van der Waals surface area contributed by atoms with Gasteiger partial charge in [0.15, 0.2) is 0 Å². The van der Waals surface area contributed by atoms with E-state index >= 15 is 0 Å². The number of hydrogen-bond donors (Lipinski definition) is 1.